The molecular weight excluding hydrogens is 318 g/mol. The molecule has 0 bridgehead atoms. The van der Waals surface area contributed by atoms with Gasteiger partial charge in [-0.2, -0.15) is 0 Å². The van der Waals surface area contributed by atoms with Crippen LogP contribution in [-0.2, 0) is 14.3 Å². The predicted octanol–water partition coefficient (Wildman–Crippen LogP) is 3.62. The Kier molecular flexibility index (Phi) is 4.85. The number of para-hydroxylation sites is 1. The normalized spacial score (nSPS) is 15.3. The summed E-state index contributed by atoms with van der Waals surface area (Å²) in [4.78, 5) is 27.3. The van der Waals surface area contributed by atoms with Crippen LogP contribution in [0.4, 0.5) is 0 Å². The standard InChI is InChI=1S/C20H15NO4/c1-14(22)24-18-10-6-5-9-16(18)13-17-20(23)25-19(21-17)12-11-15-7-3-2-4-8-15/h2-13H,1H3. The van der Waals surface area contributed by atoms with Crippen LogP contribution in [0.1, 0.15) is 18.1 Å². The maximum Gasteiger partial charge on any atom is 0.363 e. The number of aliphatic imine (C=N–C) groups is 1. The first-order chi connectivity index (χ1) is 12.1. The lowest BCUT2D eigenvalue weighted by molar-refractivity contribution is -0.132. The molecule has 5 heteroatoms. The first kappa shape index (κ1) is 16.4. The Morgan fingerprint density at radius 2 is 1.76 bits per heavy atom. The fourth-order valence-electron chi connectivity index (χ4n) is 2.22. The molecule has 0 aliphatic carbocycles. The van der Waals surface area contributed by atoms with E-state index in [-0.39, 0.29) is 11.6 Å². The average Bonchev–Trinajstić information content (AvgIpc) is 2.95. The molecule has 25 heavy (non-hydrogen) atoms. The van der Waals surface area contributed by atoms with Gasteiger partial charge >= 0.3 is 11.9 Å². The summed E-state index contributed by atoms with van der Waals surface area (Å²) in [5.41, 5.74) is 1.69. The van der Waals surface area contributed by atoms with Gasteiger partial charge in [-0.3, -0.25) is 4.79 Å². The Morgan fingerprint density at radius 3 is 2.52 bits per heavy atom. The molecule has 0 radical (unpaired) electrons. The first-order valence-electron chi connectivity index (χ1n) is 7.65. The Bertz CT molecular complexity index is 895. The van der Waals surface area contributed by atoms with Crippen molar-refractivity contribution < 1.29 is 19.1 Å². The molecule has 5 nitrogen and oxygen atoms in total. The molecule has 0 unspecified atom stereocenters. The van der Waals surface area contributed by atoms with E-state index in [0.717, 1.165) is 5.56 Å². The Hall–Kier alpha value is -3.47. The lowest BCUT2D eigenvalue weighted by Gasteiger charge is -2.04. The number of rotatable bonds is 4. The van der Waals surface area contributed by atoms with Crippen LogP contribution in [0.25, 0.3) is 12.2 Å². The molecule has 0 N–H and O–H groups in total. The van der Waals surface area contributed by atoms with Crippen molar-refractivity contribution in [1.29, 1.82) is 0 Å². The molecule has 0 amide bonds. The molecule has 0 spiro atoms. The van der Waals surface area contributed by atoms with E-state index in [2.05, 4.69) is 4.99 Å². The van der Waals surface area contributed by atoms with Gasteiger partial charge in [0.05, 0.1) is 0 Å². The highest BCUT2D eigenvalue weighted by atomic mass is 16.6. The van der Waals surface area contributed by atoms with Crippen molar-refractivity contribution in [3.63, 3.8) is 0 Å². The molecule has 1 aliphatic heterocycles. The van der Waals surface area contributed by atoms with Crippen LogP contribution in [0.3, 0.4) is 0 Å². The summed E-state index contributed by atoms with van der Waals surface area (Å²) < 4.78 is 10.3. The zero-order chi connectivity index (χ0) is 17.6. The smallest absolute Gasteiger partial charge is 0.363 e. The second-order valence-corrected chi connectivity index (χ2v) is 5.24. The Balaban J connectivity index is 1.84. The molecule has 0 atom stereocenters. The number of benzene rings is 2. The van der Waals surface area contributed by atoms with Crippen molar-refractivity contribution in [2.75, 3.05) is 0 Å². The summed E-state index contributed by atoms with van der Waals surface area (Å²) in [5.74, 6) is -0.413. The van der Waals surface area contributed by atoms with Crippen molar-refractivity contribution in [1.82, 2.24) is 0 Å². The first-order valence-corrected chi connectivity index (χ1v) is 7.65. The number of esters is 2. The van der Waals surface area contributed by atoms with Crippen molar-refractivity contribution in [3.8, 4) is 5.75 Å². The minimum Gasteiger partial charge on any atom is -0.426 e. The highest BCUT2D eigenvalue weighted by molar-refractivity contribution is 6.11. The van der Waals surface area contributed by atoms with E-state index >= 15 is 0 Å². The third-order valence-corrected chi connectivity index (χ3v) is 3.32. The highest BCUT2D eigenvalue weighted by Gasteiger charge is 2.21. The van der Waals surface area contributed by atoms with Gasteiger partial charge in [0.25, 0.3) is 0 Å². The van der Waals surface area contributed by atoms with Crippen LogP contribution in [-0.4, -0.2) is 17.8 Å². The molecule has 2 aromatic carbocycles. The quantitative estimate of drug-likeness (QED) is 0.487. The largest absolute Gasteiger partial charge is 0.426 e. The third kappa shape index (κ3) is 4.29. The van der Waals surface area contributed by atoms with E-state index < -0.39 is 11.9 Å². The fraction of sp³-hybridized carbons (Fsp3) is 0.0500. The van der Waals surface area contributed by atoms with Crippen LogP contribution in [0.15, 0.2) is 71.4 Å². The third-order valence-electron chi connectivity index (χ3n) is 3.32. The van der Waals surface area contributed by atoms with Gasteiger partial charge in [-0.15, -0.1) is 0 Å². The van der Waals surface area contributed by atoms with Gasteiger partial charge in [0.15, 0.2) is 5.70 Å². The number of carbonyl (C=O) groups excluding carboxylic acids is 2. The van der Waals surface area contributed by atoms with Crippen LogP contribution in [0.2, 0.25) is 0 Å². The van der Waals surface area contributed by atoms with Gasteiger partial charge in [0, 0.05) is 18.6 Å². The summed E-state index contributed by atoms with van der Waals surface area (Å²) in [6.07, 6.45) is 4.97. The zero-order valence-electron chi connectivity index (χ0n) is 13.5. The maximum absolute atomic E-state index is 12.0. The lowest BCUT2D eigenvalue weighted by Crippen LogP contribution is -2.03. The zero-order valence-corrected chi connectivity index (χ0v) is 13.5. The van der Waals surface area contributed by atoms with Crippen molar-refractivity contribution in [2.45, 2.75) is 6.92 Å². The monoisotopic (exact) mass is 333 g/mol. The summed E-state index contributed by atoms with van der Waals surface area (Å²) in [5, 5.41) is 0. The molecule has 3 rings (SSSR count). The Morgan fingerprint density at radius 1 is 1.04 bits per heavy atom. The number of ether oxygens (including phenoxy) is 2. The number of nitrogens with zero attached hydrogens (tertiary/aromatic N) is 1. The number of carbonyl (C=O) groups is 2. The van der Waals surface area contributed by atoms with Crippen molar-refractivity contribution in [3.05, 3.63) is 77.5 Å². The fourth-order valence-corrected chi connectivity index (χ4v) is 2.22. The van der Waals surface area contributed by atoms with Crippen LogP contribution < -0.4 is 4.74 Å². The van der Waals surface area contributed by atoms with E-state index in [1.54, 1.807) is 30.3 Å². The van der Waals surface area contributed by atoms with E-state index in [0.29, 0.717) is 11.3 Å². The lowest BCUT2D eigenvalue weighted by atomic mass is 10.1. The van der Waals surface area contributed by atoms with E-state index in [1.807, 2.05) is 36.4 Å². The molecular formula is C20H15NO4. The minimum absolute atomic E-state index is 0.146. The molecule has 0 aromatic heterocycles. The molecule has 0 saturated heterocycles. The van der Waals surface area contributed by atoms with E-state index in [4.69, 9.17) is 9.47 Å². The molecule has 0 saturated carbocycles. The predicted molar refractivity (Wildman–Crippen MR) is 94.7 cm³/mol. The topological polar surface area (TPSA) is 65.0 Å². The van der Waals surface area contributed by atoms with Crippen molar-refractivity contribution in [2.24, 2.45) is 4.99 Å². The molecule has 0 fully saturated rings. The average molecular weight is 333 g/mol. The van der Waals surface area contributed by atoms with Gasteiger partial charge in [0.1, 0.15) is 5.75 Å². The number of hydrogen-bond donors (Lipinski definition) is 0. The second kappa shape index (κ2) is 7.40. The summed E-state index contributed by atoms with van der Waals surface area (Å²) in [7, 11) is 0. The van der Waals surface area contributed by atoms with Gasteiger partial charge in [-0.05, 0) is 23.8 Å². The number of hydrogen-bond acceptors (Lipinski definition) is 5. The summed E-state index contributed by atoms with van der Waals surface area (Å²) >= 11 is 0. The summed E-state index contributed by atoms with van der Waals surface area (Å²) in [6.45, 7) is 1.32. The minimum atomic E-state index is -0.551. The van der Waals surface area contributed by atoms with E-state index in [9.17, 15) is 9.59 Å². The van der Waals surface area contributed by atoms with Gasteiger partial charge in [-0.1, -0.05) is 48.5 Å². The Labute approximate surface area is 144 Å². The van der Waals surface area contributed by atoms with Gasteiger partial charge < -0.3 is 9.47 Å². The maximum atomic E-state index is 12.0. The SMILES string of the molecule is CC(=O)Oc1ccccc1C=C1N=C(C=Cc2ccccc2)OC1=O. The molecule has 1 aliphatic rings. The van der Waals surface area contributed by atoms with Crippen molar-refractivity contribution >= 4 is 30.0 Å². The van der Waals surface area contributed by atoms with Gasteiger partial charge in [-0.25, -0.2) is 9.79 Å². The second-order valence-electron chi connectivity index (χ2n) is 5.24. The van der Waals surface area contributed by atoms with E-state index in [1.165, 1.54) is 13.0 Å². The highest BCUT2D eigenvalue weighted by Crippen LogP contribution is 2.24. The van der Waals surface area contributed by atoms with Crippen LogP contribution in [0, 0.1) is 0 Å². The molecule has 1 heterocycles. The number of cyclic esters (lactones) is 1. The van der Waals surface area contributed by atoms with Gasteiger partial charge in [0.2, 0.25) is 5.90 Å². The molecule has 2 aromatic rings. The van der Waals surface area contributed by atoms with Crippen LogP contribution >= 0.6 is 0 Å². The summed E-state index contributed by atoms with van der Waals surface area (Å²) in [6, 6.07) is 16.5. The van der Waals surface area contributed by atoms with Crippen LogP contribution in [0.5, 0.6) is 5.75 Å². The molecule has 124 valence electrons.